The number of nitro groups is 1. The number of ether oxygens (including phenoxy) is 1. The maximum absolute atomic E-state index is 10.6. The molecular weight excluding hydrogens is 415 g/mol. The van der Waals surface area contributed by atoms with Gasteiger partial charge < -0.3 is 15.4 Å². The summed E-state index contributed by atoms with van der Waals surface area (Å²) >= 11 is 0. The number of nitrogens with zero attached hydrogens (tertiary/aromatic N) is 4. The van der Waals surface area contributed by atoms with Gasteiger partial charge in [-0.3, -0.25) is 19.8 Å². The number of guanidine groups is 1. The molecule has 0 atom stereocenters. The fourth-order valence-corrected chi connectivity index (χ4v) is 1.53. The van der Waals surface area contributed by atoms with Crippen LogP contribution in [-0.2, 0) is 11.3 Å². The van der Waals surface area contributed by atoms with E-state index in [-0.39, 0.29) is 35.3 Å². The second-order valence-corrected chi connectivity index (χ2v) is 5.30. The molecule has 1 heterocycles. The van der Waals surface area contributed by atoms with Crippen molar-refractivity contribution >= 4 is 35.6 Å². The molecule has 23 heavy (non-hydrogen) atoms. The zero-order chi connectivity index (χ0) is 16.6. The smallest absolute Gasteiger partial charge is 0.306 e. The highest BCUT2D eigenvalue weighted by molar-refractivity contribution is 14.0. The van der Waals surface area contributed by atoms with Gasteiger partial charge in [-0.25, -0.2) is 0 Å². The van der Waals surface area contributed by atoms with Crippen molar-refractivity contribution in [3.8, 4) is 0 Å². The van der Waals surface area contributed by atoms with Crippen LogP contribution in [0.5, 0.6) is 0 Å². The van der Waals surface area contributed by atoms with Crippen molar-refractivity contribution in [1.29, 1.82) is 0 Å². The highest BCUT2D eigenvalue weighted by atomic mass is 127. The van der Waals surface area contributed by atoms with Gasteiger partial charge in [0.1, 0.15) is 12.4 Å². The van der Waals surface area contributed by atoms with Crippen LogP contribution in [0.4, 0.5) is 5.69 Å². The van der Waals surface area contributed by atoms with Crippen molar-refractivity contribution in [2.75, 3.05) is 26.7 Å². The van der Waals surface area contributed by atoms with Crippen LogP contribution in [0.1, 0.15) is 20.8 Å². The molecule has 0 saturated carbocycles. The first-order valence-corrected chi connectivity index (χ1v) is 7.12. The molecule has 0 aliphatic heterocycles. The predicted octanol–water partition coefficient (Wildman–Crippen LogP) is 1.39. The molecule has 9 nitrogen and oxygen atoms in total. The molecule has 1 rings (SSSR count). The van der Waals surface area contributed by atoms with Gasteiger partial charge in [0.15, 0.2) is 5.96 Å². The molecule has 0 saturated heterocycles. The molecule has 0 spiro atoms. The van der Waals surface area contributed by atoms with E-state index in [2.05, 4.69) is 20.7 Å². The molecular formula is C13H25IN6O3. The lowest BCUT2D eigenvalue weighted by Crippen LogP contribution is -2.40. The summed E-state index contributed by atoms with van der Waals surface area (Å²) in [5, 5.41) is 20.8. The Morgan fingerprint density at radius 2 is 2.22 bits per heavy atom. The van der Waals surface area contributed by atoms with Crippen LogP contribution in [-0.4, -0.2) is 53.0 Å². The van der Waals surface area contributed by atoms with E-state index in [0.717, 1.165) is 6.54 Å². The fourth-order valence-electron chi connectivity index (χ4n) is 1.53. The first-order valence-electron chi connectivity index (χ1n) is 7.12. The minimum atomic E-state index is -0.463. The van der Waals surface area contributed by atoms with Gasteiger partial charge in [0.25, 0.3) is 0 Å². The minimum Gasteiger partial charge on any atom is -0.377 e. The summed E-state index contributed by atoms with van der Waals surface area (Å²) in [5.74, 6) is 0.675. The first-order chi connectivity index (χ1) is 10.4. The molecule has 132 valence electrons. The predicted molar refractivity (Wildman–Crippen MR) is 99.4 cm³/mol. The zero-order valence-corrected chi connectivity index (χ0v) is 16.2. The van der Waals surface area contributed by atoms with Gasteiger partial charge in [-0.1, -0.05) is 0 Å². The summed E-state index contributed by atoms with van der Waals surface area (Å²) in [4.78, 5) is 14.6. The van der Waals surface area contributed by atoms with Crippen LogP contribution in [0.15, 0.2) is 17.4 Å². The summed E-state index contributed by atoms with van der Waals surface area (Å²) in [5.41, 5.74) is -0.340. The third-order valence-corrected chi connectivity index (χ3v) is 2.98. The van der Waals surface area contributed by atoms with Gasteiger partial charge in [-0.05, 0) is 20.8 Å². The Morgan fingerprint density at radius 1 is 1.52 bits per heavy atom. The average molecular weight is 440 g/mol. The van der Waals surface area contributed by atoms with Crippen LogP contribution < -0.4 is 10.6 Å². The largest absolute Gasteiger partial charge is 0.377 e. The molecule has 10 heteroatoms. The van der Waals surface area contributed by atoms with E-state index in [1.807, 2.05) is 20.8 Å². The van der Waals surface area contributed by atoms with Gasteiger partial charge in [0, 0.05) is 20.2 Å². The SMILES string of the molecule is CCNC(=NCC(C)(C)OC)NCCn1cc([N+](=O)[O-])cn1.I. The quantitative estimate of drug-likeness (QED) is 0.208. The number of methoxy groups -OCH3 is 1. The summed E-state index contributed by atoms with van der Waals surface area (Å²) in [7, 11) is 1.65. The van der Waals surface area contributed by atoms with E-state index < -0.39 is 4.92 Å². The van der Waals surface area contributed by atoms with Crippen LogP contribution >= 0.6 is 24.0 Å². The molecule has 0 unspecified atom stereocenters. The maximum atomic E-state index is 10.6. The first kappa shape index (κ1) is 21.6. The number of aromatic nitrogens is 2. The molecule has 0 radical (unpaired) electrons. The van der Waals surface area contributed by atoms with Crippen molar-refractivity contribution in [2.24, 2.45) is 4.99 Å². The Balaban J connectivity index is 0.00000484. The van der Waals surface area contributed by atoms with Crippen molar-refractivity contribution in [1.82, 2.24) is 20.4 Å². The molecule has 0 aliphatic rings. The van der Waals surface area contributed by atoms with Crippen molar-refractivity contribution in [2.45, 2.75) is 32.9 Å². The summed E-state index contributed by atoms with van der Waals surface area (Å²) in [6, 6.07) is 0. The normalized spacial score (nSPS) is 11.7. The van der Waals surface area contributed by atoms with Crippen molar-refractivity contribution in [3.05, 3.63) is 22.5 Å². The monoisotopic (exact) mass is 440 g/mol. The lowest BCUT2D eigenvalue weighted by atomic mass is 10.1. The average Bonchev–Trinajstić information content (AvgIpc) is 2.94. The van der Waals surface area contributed by atoms with Crippen molar-refractivity contribution in [3.63, 3.8) is 0 Å². The molecule has 0 aliphatic carbocycles. The molecule has 0 aromatic carbocycles. The summed E-state index contributed by atoms with van der Waals surface area (Å²) < 4.78 is 6.85. The number of nitrogens with one attached hydrogen (secondary N) is 2. The maximum Gasteiger partial charge on any atom is 0.306 e. The summed E-state index contributed by atoms with van der Waals surface area (Å²) in [6.07, 6.45) is 2.64. The minimum absolute atomic E-state index is 0. The molecule has 0 bridgehead atoms. The van der Waals surface area contributed by atoms with Gasteiger partial charge >= 0.3 is 5.69 Å². The lowest BCUT2D eigenvalue weighted by Gasteiger charge is -2.21. The standard InChI is InChI=1S/C13H24N6O3.HI/c1-5-14-12(16-10-13(2,3)22-4)15-6-7-18-9-11(8-17-18)19(20)21;/h8-9H,5-7,10H2,1-4H3,(H2,14,15,16);1H. The van der Waals surface area contributed by atoms with Crippen LogP contribution in [0.25, 0.3) is 0 Å². The van der Waals surface area contributed by atoms with Crippen LogP contribution in [0, 0.1) is 10.1 Å². The molecule has 0 fully saturated rings. The topological polar surface area (TPSA) is 107 Å². The number of hydrogen-bond donors (Lipinski definition) is 2. The Bertz CT molecular complexity index is 518. The van der Waals surface area contributed by atoms with Crippen molar-refractivity contribution < 1.29 is 9.66 Å². The van der Waals surface area contributed by atoms with E-state index >= 15 is 0 Å². The van der Waals surface area contributed by atoms with Crippen LogP contribution in [0.2, 0.25) is 0 Å². The second-order valence-electron chi connectivity index (χ2n) is 5.30. The fraction of sp³-hybridized carbons (Fsp3) is 0.692. The number of aliphatic imine (C=N–C) groups is 1. The number of hydrogen-bond acceptors (Lipinski definition) is 5. The van der Waals surface area contributed by atoms with Gasteiger partial charge in [-0.15, -0.1) is 24.0 Å². The number of halogens is 1. The van der Waals surface area contributed by atoms with E-state index in [1.165, 1.54) is 17.1 Å². The Morgan fingerprint density at radius 3 is 2.74 bits per heavy atom. The molecule has 0 amide bonds. The van der Waals surface area contributed by atoms with Gasteiger partial charge in [0.2, 0.25) is 0 Å². The highest BCUT2D eigenvalue weighted by Crippen LogP contribution is 2.07. The summed E-state index contributed by atoms with van der Waals surface area (Å²) in [6.45, 7) is 8.23. The van der Waals surface area contributed by atoms with E-state index in [4.69, 9.17) is 4.74 Å². The second kappa shape index (κ2) is 10.4. The molecule has 1 aromatic rings. The third-order valence-electron chi connectivity index (χ3n) is 2.98. The Hall–Kier alpha value is -1.43. The van der Waals surface area contributed by atoms with E-state index in [0.29, 0.717) is 25.6 Å². The zero-order valence-electron chi connectivity index (χ0n) is 13.9. The lowest BCUT2D eigenvalue weighted by molar-refractivity contribution is -0.385. The molecule has 2 N–H and O–H groups in total. The van der Waals surface area contributed by atoms with E-state index in [1.54, 1.807) is 7.11 Å². The van der Waals surface area contributed by atoms with Crippen LogP contribution in [0.3, 0.4) is 0 Å². The molecule has 1 aromatic heterocycles. The third kappa shape index (κ3) is 8.11. The van der Waals surface area contributed by atoms with Gasteiger partial charge in [-0.2, -0.15) is 5.10 Å². The number of rotatable bonds is 8. The van der Waals surface area contributed by atoms with E-state index in [9.17, 15) is 10.1 Å². The highest BCUT2D eigenvalue weighted by Gasteiger charge is 2.15. The Kier molecular flexibility index (Phi) is 9.72. The van der Waals surface area contributed by atoms with Gasteiger partial charge in [0.05, 0.1) is 23.6 Å². The Labute approximate surface area is 153 Å².